The van der Waals surface area contributed by atoms with Crippen LogP contribution in [-0.4, -0.2) is 12.3 Å². The van der Waals surface area contributed by atoms with Crippen LogP contribution < -0.4 is 0 Å². The Balaban J connectivity index is 2.63. The predicted molar refractivity (Wildman–Crippen MR) is 58.8 cm³/mol. The first-order valence-electron chi connectivity index (χ1n) is 5.22. The minimum atomic E-state index is -4.32. The average molecular weight is 244 g/mol. The number of rotatable bonds is 4. The minimum Gasteiger partial charge on any atom is -0.392 e. The van der Waals surface area contributed by atoms with Crippen LogP contribution in [0.15, 0.2) is 29.4 Å². The van der Waals surface area contributed by atoms with Crippen molar-refractivity contribution in [2.75, 3.05) is 0 Å². The molecule has 1 aromatic carbocycles. The van der Waals surface area contributed by atoms with Gasteiger partial charge in [-0.05, 0) is 25.5 Å². The van der Waals surface area contributed by atoms with Gasteiger partial charge in [-0.3, -0.25) is 0 Å². The molecule has 2 nitrogen and oxygen atoms in total. The lowest BCUT2D eigenvalue weighted by atomic mass is 10.1. The molecule has 0 aromatic heterocycles. The average Bonchev–Trinajstić information content (AvgIpc) is 2.28. The van der Waals surface area contributed by atoms with Gasteiger partial charge in [-0.25, -0.2) is 0 Å². The van der Waals surface area contributed by atoms with Crippen molar-refractivity contribution in [1.29, 1.82) is 0 Å². The van der Waals surface area contributed by atoms with E-state index < -0.39 is 11.7 Å². The second kappa shape index (κ2) is 5.70. The van der Waals surface area contributed by atoms with Gasteiger partial charge in [-0.2, -0.15) is 13.2 Å². The molecule has 1 atom stereocenters. The summed E-state index contributed by atoms with van der Waals surface area (Å²) in [5.74, 6) is 0. The van der Waals surface area contributed by atoms with E-state index in [0.29, 0.717) is 5.56 Å². The smallest absolute Gasteiger partial charge is 0.392 e. The molecule has 0 saturated carbocycles. The molecule has 0 aliphatic heterocycles. The number of hydrogen-bond acceptors (Lipinski definition) is 2. The molecule has 0 N–H and O–H groups in total. The highest BCUT2D eigenvalue weighted by molar-refractivity contribution is 5.79. The largest absolute Gasteiger partial charge is 0.416 e. The Morgan fingerprint density at radius 1 is 1.29 bits per heavy atom. The van der Waals surface area contributed by atoms with Crippen LogP contribution in [0.2, 0.25) is 0 Å². The van der Waals surface area contributed by atoms with Crippen LogP contribution in [0.4, 0.5) is 13.2 Å². The number of nitrogens with zero attached hydrogens (tertiary/aromatic N) is 1. The maximum Gasteiger partial charge on any atom is 0.416 e. The van der Waals surface area contributed by atoms with Crippen molar-refractivity contribution in [2.24, 2.45) is 5.16 Å². The highest BCUT2D eigenvalue weighted by atomic mass is 19.4. The van der Waals surface area contributed by atoms with Crippen molar-refractivity contribution in [3.63, 3.8) is 0 Å². The molecule has 0 heterocycles. The molecule has 0 fully saturated rings. The lowest BCUT2D eigenvalue weighted by molar-refractivity contribution is -0.137. The molecule has 0 amide bonds. The molecule has 0 aliphatic rings. The quantitative estimate of drug-likeness (QED) is 0.584. The Morgan fingerprint density at radius 2 is 1.88 bits per heavy atom. The van der Waals surface area contributed by atoms with Gasteiger partial charge in [-0.1, -0.05) is 24.2 Å². The van der Waals surface area contributed by atoms with Gasteiger partial charge in [0, 0.05) is 5.56 Å². The van der Waals surface area contributed by atoms with Crippen molar-refractivity contribution in [2.45, 2.75) is 32.5 Å². The van der Waals surface area contributed by atoms with E-state index in [1.807, 2.05) is 13.8 Å². The van der Waals surface area contributed by atoms with Crippen LogP contribution in [0.1, 0.15) is 31.4 Å². The van der Waals surface area contributed by atoms with E-state index in [9.17, 15) is 13.2 Å². The summed E-state index contributed by atoms with van der Waals surface area (Å²) >= 11 is 0. The van der Waals surface area contributed by atoms with Gasteiger partial charge in [0.25, 0.3) is 0 Å². The Hall–Kier alpha value is -1.52. The van der Waals surface area contributed by atoms with E-state index in [-0.39, 0.29) is 6.10 Å². The van der Waals surface area contributed by atoms with Gasteiger partial charge < -0.3 is 4.84 Å². The molecule has 1 rings (SSSR count). The second-order valence-corrected chi connectivity index (χ2v) is 3.60. The van der Waals surface area contributed by atoms with E-state index in [2.05, 4.69) is 11.4 Å². The lowest BCUT2D eigenvalue weighted by Crippen LogP contribution is -2.04. The van der Waals surface area contributed by atoms with E-state index in [1.54, 1.807) is 0 Å². The fourth-order valence-electron chi connectivity index (χ4n) is 0.977. The normalized spacial score (nSPS) is 13.9. The molecule has 5 heteroatoms. The standard InChI is InChI=1S/C12H13F3NO/c1-3-9(2)17-16-8-10-4-6-11(7-5-10)12(13,14)15/h4-7,9H,3H2,1-2H3. The van der Waals surface area contributed by atoms with Crippen LogP contribution in [-0.2, 0) is 11.0 Å². The number of hydrogen-bond donors (Lipinski definition) is 0. The monoisotopic (exact) mass is 244 g/mol. The Morgan fingerprint density at radius 3 is 2.35 bits per heavy atom. The zero-order valence-corrected chi connectivity index (χ0v) is 9.58. The van der Waals surface area contributed by atoms with Gasteiger partial charge >= 0.3 is 6.18 Å². The summed E-state index contributed by atoms with van der Waals surface area (Å²) in [7, 11) is 0. The first kappa shape index (κ1) is 13.5. The Bertz CT molecular complexity index is 370. The molecular formula is C12H13F3NO. The fraction of sp³-hybridized carbons (Fsp3) is 0.417. The maximum absolute atomic E-state index is 12.3. The zero-order chi connectivity index (χ0) is 12.9. The third-order valence-electron chi connectivity index (χ3n) is 2.19. The topological polar surface area (TPSA) is 21.6 Å². The van der Waals surface area contributed by atoms with Gasteiger partial charge in [0.05, 0.1) is 5.56 Å². The van der Waals surface area contributed by atoms with Crippen molar-refractivity contribution < 1.29 is 18.0 Å². The van der Waals surface area contributed by atoms with Crippen molar-refractivity contribution in [1.82, 2.24) is 0 Å². The predicted octanol–water partition coefficient (Wildman–Crippen LogP) is 3.73. The molecule has 1 aromatic rings. The van der Waals surface area contributed by atoms with E-state index in [1.165, 1.54) is 12.1 Å². The van der Waals surface area contributed by atoms with Crippen LogP contribution >= 0.6 is 0 Å². The summed E-state index contributed by atoms with van der Waals surface area (Å²) in [4.78, 5) is 4.98. The van der Waals surface area contributed by atoms with Crippen LogP contribution in [0, 0.1) is 0 Å². The molecule has 1 radical (unpaired) electrons. The summed E-state index contributed by atoms with van der Waals surface area (Å²) in [5.41, 5.74) is -0.243. The minimum absolute atomic E-state index is 0.0306. The van der Waals surface area contributed by atoms with Gasteiger partial charge in [0.1, 0.15) is 12.3 Å². The highest BCUT2D eigenvalue weighted by Crippen LogP contribution is 2.28. The summed E-state index contributed by atoms with van der Waals surface area (Å²) in [6.07, 6.45) is -1.02. The van der Waals surface area contributed by atoms with Crippen LogP contribution in [0.3, 0.4) is 0 Å². The molecule has 93 valence electrons. The van der Waals surface area contributed by atoms with Crippen molar-refractivity contribution in [3.8, 4) is 0 Å². The van der Waals surface area contributed by atoms with Crippen LogP contribution in [0.5, 0.6) is 0 Å². The second-order valence-electron chi connectivity index (χ2n) is 3.60. The molecule has 0 saturated heterocycles. The number of halogens is 3. The van der Waals surface area contributed by atoms with Gasteiger partial charge in [0.2, 0.25) is 0 Å². The van der Waals surface area contributed by atoms with Gasteiger partial charge in [-0.15, -0.1) is 0 Å². The SMILES string of the molecule is CCC(C)O/N=[C]/c1ccc(C(F)(F)F)cc1. The molecule has 0 aliphatic carbocycles. The fourth-order valence-corrected chi connectivity index (χ4v) is 0.977. The first-order valence-corrected chi connectivity index (χ1v) is 5.22. The summed E-state index contributed by atoms with van der Waals surface area (Å²) < 4.78 is 36.8. The molecular weight excluding hydrogens is 231 g/mol. The Labute approximate surface area is 98.1 Å². The van der Waals surface area contributed by atoms with Crippen molar-refractivity contribution >= 4 is 6.21 Å². The molecule has 0 bridgehead atoms. The lowest BCUT2D eigenvalue weighted by Gasteiger charge is -2.06. The van der Waals surface area contributed by atoms with Crippen LogP contribution in [0.25, 0.3) is 0 Å². The van der Waals surface area contributed by atoms with Gasteiger partial charge in [0.15, 0.2) is 0 Å². The first-order chi connectivity index (χ1) is 7.93. The Kier molecular flexibility index (Phi) is 4.54. The molecule has 1 unspecified atom stereocenters. The summed E-state index contributed by atoms with van der Waals surface area (Å²) in [6, 6.07) is 4.57. The molecule has 0 spiro atoms. The van der Waals surface area contributed by atoms with E-state index in [0.717, 1.165) is 18.6 Å². The molecule has 17 heavy (non-hydrogen) atoms. The maximum atomic E-state index is 12.3. The van der Waals surface area contributed by atoms with E-state index >= 15 is 0 Å². The zero-order valence-electron chi connectivity index (χ0n) is 9.58. The third-order valence-corrected chi connectivity index (χ3v) is 2.19. The van der Waals surface area contributed by atoms with E-state index in [4.69, 9.17) is 4.84 Å². The number of benzene rings is 1. The number of alkyl halides is 3. The summed E-state index contributed by atoms with van der Waals surface area (Å²) in [5, 5.41) is 3.57. The van der Waals surface area contributed by atoms with Crippen molar-refractivity contribution in [3.05, 3.63) is 35.4 Å². The third kappa shape index (κ3) is 4.46. The highest BCUT2D eigenvalue weighted by Gasteiger charge is 2.29. The summed E-state index contributed by atoms with van der Waals surface area (Å²) in [6.45, 7) is 3.79.